The fraction of sp³-hybridized carbons (Fsp3) is 0.933. The lowest BCUT2D eigenvalue weighted by molar-refractivity contribution is 0.0165. The van der Waals surface area contributed by atoms with Gasteiger partial charge in [-0.25, -0.2) is 4.79 Å². The number of nitrogens with one attached hydrogen (secondary N) is 2. The highest BCUT2D eigenvalue weighted by Gasteiger charge is 2.26. The zero-order valence-electron chi connectivity index (χ0n) is 13.4. The van der Waals surface area contributed by atoms with E-state index in [0.717, 1.165) is 19.5 Å². The van der Waals surface area contributed by atoms with Crippen LogP contribution in [0, 0.1) is 5.92 Å². The Morgan fingerprint density at radius 2 is 2.10 bits per heavy atom. The van der Waals surface area contributed by atoms with Crippen molar-refractivity contribution in [2.24, 2.45) is 5.92 Å². The SMILES string of the molecule is CCN1CCCCC1CNC(=O)NCC(C)(O)C(C)C. The smallest absolute Gasteiger partial charge is 0.314 e. The van der Waals surface area contributed by atoms with E-state index in [0.29, 0.717) is 12.6 Å². The maximum Gasteiger partial charge on any atom is 0.314 e. The quantitative estimate of drug-likeness (QED) is 0.694. The van der Waals surface area contributed by atoms with Crippen molar-refractivity contribution in [3.63, 3.8) is 0 Å². The minimum atomic E-state index is -0.863. The number of carbonyl (C=O) groups excluding carboxylic acids is 1. The first kappa shape index (κ1) is 17.2. The van der Waals surface area contributed by atoms with Crippen LogP contribution in [0.1, 0.15) is 47.0 Å². The van der Waals surface area contributed by atoms with E-state index in [9.17, 15) is 9.90 Å². The van der Waals surface area contributed by atoms with E-state index in [4.69, 9.17) is 0 Å². The fourth-order valence-electron chi connectivity index (χ4n) is 2.44. The van der Waals surface area contributed by atoms with Gasteiger partial charge in [0.25, 0.3) is 0 Å². The van der Waals surface area contributed by atoms with Crippen molar-refractivity contribution in [2.45, 2.75) is 58.6 Å². The molecule has 0 bridgehead atoms. The number of amides is 2. The molecule has 2 amide bonds. The van der Waals surface area contributed by atoms with Crippen molar-refractivity contribution in [1.82, 2.24) is 15.5 Å². The van der Waals surface area contributed by atoms with Gasteiger partial charge in [-0.05, 0) is 38.8 Å². The number of nitrogens with zero attached hydrogens (tertiary/aromatic N) is 1. The van der Waals surface area contributed by atoms with E-state index in [2.05, 4.69) is 22.5 Å². The minimum Gasteiger partial charge on any atom is -0.388 e. The monoisotopic (exact) mass is 285 g/mol. The van der Waals surface area contributed by atoms with Crippen LogP contribution in [0.15, 0.2) is 0 Å². The molecule has 0 aromatic rings. The summed E-state index contributed by atoms with van der Waals surface area (Å²) in [6.07, 6.45) is 3.65. The van der Waals surface area contributed by atoms with Gasteiger partial charge in [0.15, 0.2) is 0 Å². The molecule has 2 atom stereocenters. The van der Waals surface area contributed by atoms with Gasteiger partial charge in [0.05, 0.1) is 5.60 Å². The Balaban J connectivity index is 2.29. The Morgan fingerprint density at radius 1 is 1.40 bits per heavy atom. The molecule has 0 aromatic carbocycles. The van der Waals surface area contributed by atoms with Crippen molar-refractivity contribution in [1.29, 1.82) is 0 Å². The predicted octanol–water partition coefficient (Wildman–Crippen LogP) is 1.57. The standard InChI is InChI=1S/C15H31N3O2/c1-5-18-9-7-6-8-13(18)10-16-14(19)17-11-15(4,20)12(2)3/h12-13,20H,5-11H2,1-4H3,(H2,16,17,19). The molecule has 5 heteroatoms. The van der Waals surface area contributed by atoms with Crippen molar-refractivity contribution < 1.29 is 9.90 Å². The predicted molar refractivity (Wildman–Crippen MR) is 81.7 cm³/mol. The average Bonchev–Trinajstić information content (AvgIpc) is 2.43. The molecule has 3 N–H and O–H groups in total. The Morgan fingerprint density at radius 3 is 2.70 bits per heavy atom. The molecule has 0 aromatic heterocycles. The molecule has 1 aliphatic heterocycles. The number of likely N-dealkylation sites (tertiary alicyclic amines) is 1. The number of hydrogen-bond acceptors (Lipinski definition) is 3. The highest BCUT2D eigenvalue weighted by Crippen LogP contribution is 2.16. The van der Waals surface area contributed by atoms with E-state index in [1.165, 1.54) is 12.8 Å². The van der Waals surface area contributed by atoms with Crippen molar-refractivity contribution in [3.05, 3.63) is 0 Å². The Bertz CT molecular complexity index is 305. The fourth-order valence-corrected chi connectivity index (χ4v) is 2.44. The molecular weight excluding hydrogens is 254 g/mol. The summed E-state index contributed by atoms with van der Waals surface area (Å²) in [5, 5.41) is 15.8. The third-order valence-corrected chi connectivity index (χ3v) is 4.50. The van der Waals surface area contributed by atoms with Crippen molar-refractivity contribution in [2.75, 3.05) is 26.2 Å². The van der Waals surface area contributed by atoms with Crippen LogP contribution in [0.25, 0.3) is 0 Å². The lowest BCUT2D eigenvalue weighted by Gasteiger charge is -2.35. The molecular formula is C15H31N3O2. The van der Waals surface area contributed by atoms with Crippen LogP contribution in [-0.4, -0.2) is 53.9 Å². The Hall–Kier alpha value is -0.810. The second kappa shape index (κ2) is 7.84. The van der Waals surface area contributed by atoms with Crippen LogP contribution in [0.3, 0.4) is 0 Å². The van der Waals surface area contributed by atoms with Crippen LogP contribution < -0.4 is 10.6 Å². The average molecular weight is 285 g/mol. The number of piperidine rings is 1. The van der Waals surface area contributed by atoms with E-state index in [-0.39, 0.29) is 18.5 Å². The number of aliphatic hydroxyl groups is 1. The Kier molecular flexibility index (Phi) is 6.76. The molecule has 0 saturated carbocycles. The van der Waals surface area contributed by atoms with Gasteiger partial charge in [-0.2, -0.15) is 0 Å². The van der Waals surface area contributed by atoms with E-state index in [1.807, 2.05) is 13.8 Å². The Labute approximate surface area is 123 Å². The number of rotatable bonds is 6. The molecule has 118 valence electrons. The van der Waals surface area contributed by atoms with E-state index >= 15 is 0 Å². The van der Waals surface area contributed by atoms with Gasteiger partial charge < -0.3 is 15.7 Å². The summed E-state index contributed by atoms with van der Waals surface area (Å²) in [4.78, 5) is 14.2. The largest absolute Gasteiger partial charge is 0.388 e. The molecule has 1 heterocycles. The molecule has 0 aliphatic carbocycles. The molecule has 1 fully saturated rings. The summed E-state index contributed by atoms with van der Waals surface area (Å²) in [5.41, 5.74) is -0.863. The normalized spacial score (nSPS) is 23.4. The summed E-state index contributed by atoms with van der Waals surface area (Å²) in [7, 11) is 0. The zero-order valence-corrected chi connectivity index (χ0v) is 13.4. The number of urea groups is 1. The summed E-state index contributed by atoms with van der Waals surface area (Å²) >= 11 is 0. The van der Waals surface area contributed by atoms with Crippen LogP contribution in [-0.2, 0) is 0 Å². The van der Waals surface area contributed by atoms with Gasteiger partial charge in [0.2, 0.25) is 0 Å². The third kappa shape index (κ3) is 5.29. The van der Waals surface area contributed by atoms with Gasteiger partial charge in [0.1, 0.15) is 0 Å². The highest BCUT2D eigenvalue weighted by molar-refractivity contribution is 5.73. The lowest BCUT2D eigenvalue weighted by atomic mass is 9.93. The number of likely N-dealkylation sites (N-methyl/N-ethyl adjacent to an activating group) is 1. The van der Waals surface area contributed by atoms with Crippen LogP contribution in [0.2, 0.25) is 0 Å². The first-order valence-electron chi connectivity index (χ1n) is 7.85. The van der Waals surface area contributed by atoms with Gasteiger partial charge in [-0.3, -0.25) is 4.90 Å². The van der Waals surface area contributed by atoms with Crippen LogP contribution in [0.4, 0.5) is 4.79 Å². The molecule has 0 radical (unpaired) electrons. The number of carbonyl (C=O) groups is 1. The number of hydrogen-bond donors (Lipinski definition) is 3. The summed E-state index contributed by atoms with van der Waals surface area (Å²) in [6.45, 7) is 10.9. The van der Waals surface area contributed by atoms with Gasteiger partial charge in [-0.15, -0.1) is 0 Å². The lowest BCUT2D eigenvalue weighted by Crippen LogP contribution is -2.51. The molecule has 0 spiro atoms. The maximum absolute atomic E-state index is 11.8. The molecule has 1 saturated heterocycles. The van der Waals surface area contributed by atoms with E-state index < -0.39 is 5.60 Å². The van der Waals surface area contributed by atoms with Gasteiger partial charge >= 0.3 is 6.03 Å². The summed E-state index contributed by atoms with van der Waals surface area (Å²) in [6, 6.07) is 0.262. The minimum absolute atomic E-state index is 0.108. The van der Waals surface area contributed by atoms with Crippen molar-refractivity contribution >= 4 is 6.03 Å². The highest BCUT2D eigenvalue weighted by atomic mass is 16.3. The first-order chi connectivity index (χ1) is 9.36. The molecule has 5 nitrogen and oxygen atoms in total. The summed E-state index contributed by atoms with van der Waals surface area (Å²) in [5.74, 6) is 0.108. The molecule has 2 unspecified atom stereocenters. The molecule has 1 aliphatic rings. The summed E-state index contributed by atoms with van der Waals surface area (Å²) < 4.78 is 0. The first-order valence-corrected chi connectivity index (χ1v) is 7.85. The van der Waals surface area contributed by atoms with Gasteiger partial charge in [0, 0.05) is 19.1 Å². The van der Waals surface area contributed by atoms with Gasteiger partial charge in [-0.1, -0.05) is 27.2 Å². The zero-order chi connectivity index (χ0) is 15.2. The van der Waals surface area contributed by atoms with E-state index in [1.54, 1.807) is 6.92 Å². The topological polar surface area (TPSA) is 64.6 Å². The van der Waals surface area contributed by atoms with Crippen LogP contribution in [0.5, 0.6) is 0 Å². The van der Waals surface area contributed by atoms with Crippen LogP contribution >= 0.6 is 0 Å². The molecule has 1 rings (SSSR count). The maximum atomic E-state index is 11.8. The second-order valence-corrected chi connectivity index (χ2v) is 6.35. The third-order valence-electron chi connectivity index (χ3n) is 4.50. The molecule has 20 heavy (non-hydrogen) atoms. The second-order valence-electron chi connectivity index (χ2n) is 6.35. The van der Waals surface area contributed by atoms with Crippen molar-refractivity contribution in [3.8, 4) is 0 Å².